The first-order valence-corrected chi connectivity index (χ1v) is 7.81. The van der Waals surface area contributed by atoms with E-state index in [1.54, 1.807) is 12.3 Å². The number of aryl methyl sites for hydroxylation is 1. The van der Waals surface area contributed by atoms with E-state index in [9.17, 15) is 4.79 Å². The van der Waals surface area contributed by atoms with Gasteiger partial charge in [-0.3, -0.25) is 4.79 Å². The van der Waals surface area contributed by atoms with Crippen molar-refractivity contribution < 1.29 is 9.21 Å². The van der Waals surface area contributed by atoms with Crippen LogP contribution in [0.5, 0.6) is 0 Å². The largest absolute Gasteiger partial charge is 0.469 e. The van der Waals surface area contributed by atoms with Gasteiger partial charge < -0.3 is 9.73 Å². The van der Waals surface area contributed by atoms with Crippen molar-refractivity contribution in [1.29, 1.82) is 0 Å². The van der Waals surface area contributed by atoms with Gasteiger partial charge in [-0.25, -0.2) is 0 Å². The normalized spacial score (nSPS) is 23.9. The smallest absolute Gasteiger partial charge is 0.255 e. The van der Waals surface area contributed by atoms with E-state index in [1.165, 1.54) is 19.3 Å². The fraction of sp³-hybridized carbons (Fsp3) is 0.643. The van der Waals surface area contributed by atoms with Crippen molar-refractivity contribution in [2.24, 2.45) is 5.92 Å². The molecule has 2 rings (SSSR count). The summed E-state index contributed by atoms with van der Waals surface area (Å²) in [5.74, 6) is 1.34. The van der Waals surface area contributed by atoms with Crippen molar-refractivity contribution in [2.75, 3.05) is 5.33 Å². The summed E-state index contributed by atoms with van der Waals surface area (Å²) in [5, 5.41) is 4.13. The highest BCUT2D eigenvalue weighted by atomic mass is 79.9. The minimum atomic E-state index is 0.0125. The molecule has 100 valence electrons. The van der Waals surface area contributed by atoms with Gasteiger partial charge in [0, 0.05) is 17.8 Å². The Morgan fingerprint density at radius 3 is 3.00 bits per heavy atom. The molecule has 3 nitrogen and oxygen atoms in total. The highest BCUT2D eigenvalue weighted by Gasteiger charge is 2.26. The van der Waals surface area contributed by atoms with Crippen LogP contribution in [0.25, 0.3) is 0 Å². The first-order chi connectivity index (χ1) is 8.76. The summed E-state index contributed by atoms with van der Waals surface area (Å²) in [4.78, 5) is 12.2. The fourth-order valence-corrected chi connectivity index (χ4v) is 3.42. The molecule has 1 aromatic heterocycles. The van der Waals surface area contributed by atoms with Crippen LogP contribution < -0.4 is 5.32 Å². The van der Waals surface area contributed by atoms with E-state index in [0.29, 0.717) is 17.5 Å². The monoisotopic (exact) mass is 313 g/mol. The third-order valence-electron chi connectivity index (χ3n) is 3.73. The molecular weight excluding hydrogens is 294 g/mol. The van der Waals surface area contributed by atoms with Gasteiger partial charge >= 0.3 is 0 Å². The zero-order valence-corrected chi connectivity index (χ0v) is 12.3. The zero-order valence-electron chi connectivity index (χ0n) is 10.7. The number of halogens is 1. The maximum atomic E-state index is 12.2. The average molecular weight is 314 g/mol. The van der Waals surface area contributed by atoms with E-state index < -0.39 is 0 Å². The van der Waals surface area contributed by atoms with Gasteiger partial charge in [-0.2, -0.15) is 0 Å². The third kappa shape index (κ3) is 2.97. The molecule has 4 heteroatoms. The summed E-state index contributed by atoms with van der Waals surface area (Å²) < 4.78 is 5.31. The van der Waals surface area contributed by atoms with Gasteiger partial charge in [0.25, 0.3) is 5.91 Å². The number of amides is 1. The maximum absolute atomic E-state index is 12.2. The van der Waals surface area contributed by atoms with Crippen LogP contribution in [0.2, 0.25) is 0 Å². The molecular formula is C14H20BrNO2. The Balaban J connectivity index is 2.02. The van der Waals surface area contributed by atoms with Crippen molar-refractivity contribution in [3.8, 4) is 0 Å². The van der Waals surface area contributed by atoms with E-state index in [0.717, 1.165) is 23.9 Å². The molecule has 1 aliphatic rings. The second kappa shape index (κ2) is 6.41. The average Bonchev–Trinajstić information content (AvgIpc) is 2.87. The van der Waals surface area contributed by atoms with E-state index in [2.05, 4.69) is 21.2 Å². The number of alkyl halides is 1. The van der Waals surface area contributed by atoms with Crippen molar-refractivity contribution in [3.63, 3.8) is 0 Å². The molecule has 0 radical (unpaired) electrons. The number of hydrogen-bond donors (Lipinski definition) is 1. The summed E-state index contributed by atoms with van der Waals surface area (Å²) in [5.41, 5.74) is 0.691. The molecule has 1 aromatic rings. The van der Waals surface area contributed by atoms with Crippen LogP contribution in [-0.4, -0.2) is 17.3 Å². The summed E-state index contributed by atoms with van der Waals surface area (Å²) in [6.45, 7) is 2.00. The van der Waals surface area contributed by atoms with Gasteiger partial charge in [-0.05, 0) is 24.8 Å². The molecule has 0 saturated heterocycles. The van der Waals surface area contributed by atoms with Crippen molar-refractivity contribution in [1.82, 2.24) is 5.32 Å². The maximum Gasteiger partial charge on any atom is 0.255 e. The van der Waals surface area contributed by atoms with Crippen LogP contribution in [0.1, 0.15) is 48.7 Å². The molecule has 1 fully saturated rings. The number of furan rings is 1. The van der Waals surface area contributed by atoms with E-state index in [1.807, 2.05) is 6.92 Å². The lowest BCUT2D eigenvalue weighted by Crippen LogP contribution is -2.42. The Kier molecular flexibility index (Phi) is 4.87. The molecule has 18 heavy (non-hydrogen) atoms. The van der Waals surface area contributed by atoms with Gasteiger partial charge in [0.05, 0.1) is 11.8 Å². The molecule has 1 N–H and O–H groups in total. The summed E-state index contributed by atoms with van der Waals surface area (Å²) in [6.07, 6.45) is 7.11. The second-order valence-electron chi connectivity index (χ2n) is 4.89. The summed E-state index contributed by atoms with van der Waals surface area (Å²) in [7, 11) is 0. The lowest BCUT2D eigenvalue weighted by molar-refractivity contribution is 0.0909. The summed E-state index contributed by atoms with van der Waals surface area (Å²) >= 11 is 3.55. The molecule has 1 heterocycles. The molecule has 0 aliphatic heterocycles. The number of rotatable bonds is 4. The molecule has 1 amide bonds. The lowest BCUT2D eigenvalue weighted by atomic mass is 9.86. The summed E-state index contributed by atoms with van der Waals surface area (Å²) in [6, 6.07) is 2.06. The first-order valence-electron chi connectivity index (χ1n) is 6.69. The Bertz CT molecular complexity index is 402. The Labute approximate surface area is 116 Å². The van der Waals surface area contributed by atoms with Gasteiger partial charge in [-0.1, -0.05) is 35.7 Å². The van der Waals surface area contributed by atoms with Crippen LogP contribution in [-0.2, 0) is 6.42 Å². The molecule has 0 bridgehead atoms. The molecule has 1 aliphatic carbocycles. The molecule has 2 atom stereocenters. The van der Waals surface area contributed by atoms with E-state index in [4.69, 9.17) is 4.42 Å². The van der Waals surface area contributed by atoms with Crippen molar-refractivity contribution in [2.45, 2.75) is 45.1 Å². The SMILES string of the molecule is CCc1occc1C(=O)NC1CCCCC1CBr. The van der Waals surface area contributed by atoms with E-state index in [-0.39, 0.29) is 5.91 Å². The van der Waals surface area contributed by atoms with Crippen LogP contribution in [0.15, 0.2) is 16.7 Å². The minimum absolute atomic E-state index is 0.0125. The molecule has 0 spiro atoms. The minimum Gasteiger partial charge on any atom is -0.469 e. The van der Waals surface area contributed by atoms with Crippen LogP contribution in [0, 0.1) is 5.92 Å². The van der Waals surface area contributed by atoms with Crippen LogP contribution in [0.4, 0.5) is 0 Å². The lowest BCUT2D eigenvalue weighted by Gasteiger charge is -2.30. The van der Waals surface area contributed by atoms with Crippen LogP contribution in [0.3, 0.4) is 0 Å². The third-order valence-corrected chi connectivity index (χ3v) is 4.57. The second-order valence-corrected chi connectivity index (χ2v) is 5.54. The van der Waals surface area contributed by atoms with Crippen molar-refractivity contribution in [3.05, 3.63) is 23.7 Å². The van der Waals surface area contributed by atoms with Gasteiger partial charge in [0.1, 0.15) is 5.76 Å². The highest BCUT2D eigenvalue weighted by Crippen LogP contribution is 2.26. The molecule has 0 aromatic carbocycles. The first kappa shape index (κ1) is 13.7. The number of nitrogens with one attached hydrogen (secondary N) is 1. The fourth-order valence-electron chi connectivity index (χ4n) is 2.65. The molecule has 2 unspecified atom stereocenters. The number of hydrogen-bond acceptors (Lipinski definition) is 2. The zero-order chi connectivity index (χ0) is 13.0. The Hall–Kier alpha value is -0.770. The van der Waals surface area contributed by atoms with Gasteiger partial charge in [-0.15, -0.1) is 0 Å². The van der Waals surface area contributed by atoms with Gasteiger partial charge in [0.2, 0.25) is 0 Å². The number of carbonyl (C=O) groups is 1. The topological polar surface area (TPSA) is 42.2 Å². The van der Waals surface area contributed by atoms with Crippen LogP contribution >= 0.6 is 15.9 Å². The predicted octanol–water partition coefficient (Wildman–Crippen LogP) is 3.53. The quantitative estimate of drug-likeness (QED) is 0.864. The highest BCUT2D eigenvalue weighted by molar-refractivity contribution is 9.09. The Morgan fingerprint density at radius 2 is 2.28 bits per heavy atom. The van der Waals surface area contributed by atoms with Crippen molar-refractivity contribution >= 4 is 21.8 Å². The van der Waals surface area contributed by atoms with Gasteiger partial charge in [0.15, 0.2) is 0 Å². The number of carbonyl (C=O) groups excluding carboxylic acids is 1. The standard InChI is InChI=1S/C14H20BrNO2/c1-2-13-11(7-8-18-13)14(17)16-12-6-4-3-5-10(12)9-15/h7-8,10,12H,2-6,9H2,1H3,(H,16,17). The van der Waals surface area contributed by atoms with E-state index >= 15 is 0 Å². The Morgan fingerprint density at radius 1 is 1.50 bits per heavy atom. The predicted molar refractivity (Wildman–Crippen MR) is 75.1 cm³/mol. The molecule has 1 saturated carbocycles.